The van der Waals surface area contributed by atoms with Gasteiger partial charge in [0.15, 0.2) is 5.78 Å². The summed E-state index contributed by atoms with van der Waals surface area (Å²) in [4.78, 5) is 11.6. The van der Waals surface area contributed by atoms with Crippen molar-refractivity contribution in [2.75, 3.05) is 0 Å². The molecule has 1 atom stereocenters. The van der Waals surface area contributed by atoms with E-state index in [0.29, 0.717) is 17.1 Å². The summed E-state index contributed by atoms with van der Waals surface area (Å²) in [6, 6.07) is 0. The first-order chi connectivity index (χ1) is 6.11. The highest BCUT2D eigenvalue weighted by atomic mass is 16.1. The van der Waals surface area contributed by atoms with Crippen LogP contribution < -0.4 is 0 Å². The fourth-order valence-corrected chi connectivity index (χ4v) is 2.75. The van der Waals surface area contributed by atoms with Crippen LogP contribution >= 0.6 is 0 Å². The normalized spacial score (nSPS) is 32.3. The first-order valence-electron chi connectivity index (χ1n) is 5.34. The van der Waals surface area contributed by atoms with Crippen molar-refractivity contribution >= 4 is 5.78 Å². The van der Waals surface area contributed by atoms with Gasteiger partial charge in [-0.25, -0.2) is 0 Å². The second-order valence-electron chi connectivity index (χ2n) is 5.05. The molecule has 0 saturated heterocycles. The molecule has 0 aromatic rings. The van der Waals surface area contributed by atoms with Gasteiger partial charge < -0.3 is 0 Å². The summed E-state index contributed by atoms with van der Waals surface area (Å²) in [7, 11) is 0. The molecule has 0 radical (unpaired) electrons. The van der Waals surface area contributed by atoms with Crippen LogP contribution in [0.25, 0.3) is 0 Å². The van der Waals surface area contributed by atoms with Gasteiger partial charge in [-0.15, -0.1) is 0 Å². The molecule has 13 heavy (non-hydrogen) atoms. The SMILES string of the molecule is CC1(C)CCC(=O)C2=CCCCC21. The van der Waals surface area contributed by atoms with Crippen molar-refractivity contribution in [1.29, 1.82) is 0 Å². The Morgan fingerprint density at radius 2 is 2.23 bits per heavy atom. The largest absolute Gasteiger partial charge is 0.295 e. The highest BCUT2D eigenvalue weighted by molar-refractivity contribution is 5.97. The number of ketones is 1. The molecule has 0 aliphatic heterocycles. The number of Topliss-reactive ketones (excluding diaryl/α,β-unsaturated/α-hetero) is 1. The Kier molecular flexibility index (Phi) is 2.05. The summed E-state index contributed by atoms with van der Waals surface area (Å²) in [5.74, 6) is 0.978. The molecule has 2 rings (SSSR count). The topological polar surface area (TPSA) is 17.1 Å². The molecule has 0 amide bonds. The minimum atomic E-state index is 0.361. The molecule has 2 aliphatic rings. The van der Waals surface area contributed by atoms with Crippen molar-refractivity contribution in [3.63, 3.8) is 0 Å². The minimum absolute atomic E-state index is 0.361. The molecule has 1 fully saturated rings. The van der Waals surface area contributed by atoms with Gasteiger partial charge in [-0.1, -0.05) is 19.9 Å². The maximum Gasteiger partial charge on any atom is 0.158 e. The van der Waals surface area contributed by atoms with Crippen molar-refractivity contribution in [1.82, 2.24) is 0 Å². The first kappa shape index (κ1) is 8.98. The second kappa shape index (κ2) is 2.97. The van der Waals surface area contributed by atoms with Crippen LogP contribution in [-0.4, -0.2) is 5.78 Å². The molecule has 1 unspecified atom stereocenters. The summed E-state index contributed by atoms with van der Waals surface area (Å²) in [5.41, 5.74) is 1.52. The van der Waals surface area contributed by atoms with Crippen molar-refractivity contribution in [2.24, 2.45) is 11.3 Å². The third-order valence-corrected chi connectivity index (χ3v) is 3.70. The summed E-state index contributed by atoms with van der Waals surface area (Å²) in [6.07, 6.45) is 7.66. The Morgan fingerprint density at radius 1 is 1.46 bits per heavy atom. The Morgan fingerprint density at radius 3 is 2.92 bits per heavy atom. The van der Waals surface area contributed by atoms with Gasteiger partial charge in [0.1, 0.15) is 0 Å². The maximum absolute atomic E-state index is 11.6. The van der Waals surface area contributed by atoms with Crippen molar-refractivity contribution in [3.8, 4) is 0 Å². The lowest BCUT2D eigenvalue weighted by atomic mass is 9.62. The minimum Gasteiger partial charge on any atom is -0.295 e. The molecule has 0 spiro atoms. The molecule has 1 saturated carbocycles. The van der Waals surface area contributed by atoms with E-state index in [-0.39, 0.29) is 0 Å². The molecule has 2 aliphatic carbocycles. The Hall–Kier alpha value is -0.590. The van der Waals surface area contributed by atoms with E-state index in [1.807, 2.05) is 0 Å². The summed E-state index contributed by atoms with van der Waals surface area (Å²) in [6.45, 7) is 4.62. The fourth-order valence-electron chi connectivity index (χ4n) is 2.75. The molecule has 0 aromatic carbocycles. The Bertz CT molecular complexity index is 260. The van der Waals surface area contributed by atoms with Gasteiger partial charge in [0, 0.05) is 6.42 Å². The molecular weight excluding hydrogens is 160 g/mol. The number of hydrogen-bond acceptors (Lipinski definition) is 1. The maximum atomic E-state index is 11.6. The van der Waals surface area contributed by atoms with Crippen LogP contribution in [0.4, 0.5) is 0 Å². The first-order valence-corrected chi connectivity index (χ1v) is 5.34. The van der Waals surface area contributed by atoms with Crippen LogP contribution in [-0.2, 0) is 4.79 Å². The van der Waals surface area contributed by atoms with Gasteiger partial charge in [-0.2, -0.15) is 0 Å². The van der Waals surface area contributed by atoms with Crippen LogP contribution in [0.15, 0.2) is 11.6 Å². The van der Waals surface area contributed by atoms with Crippen LogP contribution in [0.5, 0.6) is 0 Å². The van der Waals surface area contributed by atoms with Gasteiger partial charge in [-0.05, 0) is 42.6 Å². The standard InChI is InChI=1S/C12H18O/c1-12(2)8-7-11(13)9-5-3-4-6-10(9)12/h5,10H,3-4,6-8H2,1-2H3. The van der Waals surface area contributed by atoms with Crippen molar-refractivity contribution in [2.45, 2.75) is 46.0 Å². The number of carbonyl (C=O) groups is 1. The lowest BCUT2D eigenvalue weighted by molar-refractivity contribution is -0.119. The van der Waals surface area contributed by atoms with E-state index >= 15 is 0 Å². The zero-order chi connectivity index (χ0) is 9.47. The quantitative estimate of drug-likeness (QED) is 0.557. The van der Waals surface area contributed by atoms with E-state index in [1.165, 1.54) is 12.8 Å². The summed E-state index contributed by atoms with van der Waals surface area (Å²) < 4.78 is 0. The fraction of sp³-hybridized carbons (Fsp3) is 0.750. The zero-order valence-electron chi connectivity index (χ0n) is 8.60. The molecule has 0 N–H and O–H groups in total. The van der Waals surface area contributed by atoms with Gasteiger partial charge >= 0.3 is 0 Å². The summed E-state index contributed by atoms with van der Waals surface area (Å²) >= 11 is 0. The molecule has 72 valence electrons. The number of fused-ring (bicyclic) bond motifs is 1. The van der Waals surface area contributed by atoms with E-state index in [9.17, 15) is 4.79 Å². The third kappa shape index (κ3) is 1.45. The van der Waals surface area contributed by atoms with Crippen LogP contribution in [0.2, 0.25) is 0 Å². The summed E-state index contributed by atoms with van der Waals surface area (Å²) in [5, 5.41) is 0. The van der Waals surface area contributed by atoms with Gasteiger partial charge in [-0.3, -0.25) is 4.79 Å². The van der Waals surface area contributed by atoms with Crippen LogP contribution in [0.1, 0.15) is 46.0 Å². The van der Waals surface area contributed by atoms with E-state index in [0.717, 1.165) is 24.8 Å². The molecule has 1 nitrogen and oxygen atoms in total. The van der Waals surface area contributed by atoms with Crippen molar-refractivity contribution in [3.05, 3.63) is 11.6 Å². The molecule has 0 heterocycles. The van der Waals surface area contributed by atoms with E-state index in [4.69, 9.17) is 0 Å². The lowest BCUT2D eigenvalue weighted by Crippen LogP contribution is -2.35. The second-order valence-corrected chi connectivity index (χ2v) is 5.05. The highest BCUT2D eigenvalue weighted by Crippen LogP contribution is 2.46. The van der Waals surface area contributed by atoms with Crippen LogP contribution in [0, 0.1) is 11.3 Å². The number of carbonyl (C=O) groups excluding carboxylic acids is 1. The zero-order valence-corrected chi connectivity index (χ0v) is 8.60. The van der Waals surface area contributed by atoms with Gasteiger partial charge in [0.05, 0.1) is 0 Å². The monoisotopic (exact) mass is 178 g/mol. The smallest absolute Gasteiger partial charge is 0.158 e. The van der Waals surface area contributed by atoms with Crippen LogP contribution in [0.3, 0.4) is 0 Å². The number of rotatable bonds is 0. The third-order valence-electron chi connectivity index (χ3n) is 3.70. The van der Waals surface area contributed by atoms with E-state index < -0.39 is 0 Å². The average Bonchev–Trinajstić information content (AvgIpc) is 2.13. The number of hydrogen-bond donors (Lipinski definition) is 0. The molecule has 0 bridgehead atoms. The Balaban J connectivity index is 2.32. The molecular formula is C12H18O. The van der Waals surface area contributed by atoms with Gasteiger partial charge in [0.25, 0.3) is 0 Å². The van der Waals surface area contributed by atoms with Crippen molar-refractivity contribution < 1.29 is 4.79 Å². The predicted octanol–water partition coefficient (Wildman–Crippen LogP) is 3.10. The predicted molar refractivity (Wildman–Crippen MR) is 53.4 cm³/mol. The highest BCUT2D eigenvalue weighted by Gasteiger charge is 2.39. The van der Waals surface area contributed by atoms with E-state index in [1.54, 1.807) is 0 Å². The molecule has 1 heteroatoms. The number of allylic oxidation sites excluding steroid dienone is 2. The Labute approximate surface area is 80.2 Å². The average molecular weight is 178 g/mol. The van der Waals surface area contributed by atoms with E-state index in [2.05, 4.69) is 19.9 Å². The van der Waals surface area contributed by atoms with Gasteiger partial charge in [0.2, 0.25) is 0 Å². The lowest BCUT2D eigenvalue weighted by Gasteiger charge is -2.41. The molecule has 0 aromatic heterocycles.